The zero-order valence-electron chi connectivity index (χ0n) is 10.5. The van der Waals surface area contributed by atoms with Crippen molar-refractivity contribution in [1.29, 1.82) is 0 Å². The average Bonchev–Trinajstić information content (AvgIpc) is 2.37. The first-order chi connectivity index (χ1) is 9.75. The summed E-state index contributed by atoms with van der Waals surface area (Å²) in [5, 5.41) is 2.64. The molecule has 2 aromatic carbocycles. The molecule has 2 rings (SSSR count). The number of carbonyl (C=O) groups excluding carboxylic acids is 1. The zero-order chi connectivity index (χ0) is 15.6. The number of hydrogen-bond donors (Lipinski definition) is 2. The molecule has 0 atom stereocenters. The number of nitrogen functional groups attached to an aromatic ring is 1. The molecular formula is C14H10ClF3N2O. The van der Waals surface area contributed by atoms with Crippen LogP contribution in [0.25, 0.3) is 0 Å². The second kappa shape index (κ2) is 5.65. The van der Waals surface area contributed by atoms with Gasteiger partial charge in [-0.25, -0.2) is 0 Å². The Kier molecular flexibility index (Phi) is 4.09. The van der Waals surface area contributed by atoms with Gasteiger partial charge in [0.15, 0.2) is 0 Å². The van der Waals surface area contributed by atoms with Gasteiger partial charge in [0, 0.05) is 22.0 Å². The van der Waals surface area contributed by atoms with E-state index in [4.69, 9.17) is 17.3 Å². The Hall–Kier alpha value is -2.21. The van der Waals surface area contributed by atoms with Crippen molar-refractivity contribution in [2.24, 2.45) is 0 Å². The highest BCUT2D eigenvalue weighted by Crippen LogP contribution is 2.30. The number of amides is 1. The van der Waals surface area contributed by atoms with Gasteiger partial charge in [0.2, 0.25) is 0 Å². The largest absolute Gasteiger partial charge is 0.416 e. The van der Waals surface area contributed by atoms with Crippen LogP contribution in [0.5, 0.6) is 0 Å². The fourth-order valence-electron chi connectivity index (χ4n) is 1.72. The van der Waals surface area contributed by atoms with Crippen molar-refractivity contribution in [2.75, 3.05) is 11.1 Å². The van der Waals surface area contributed by atoms with Gasteiger partial charge in [-0.15, -0.1) is 0 Å². The summed E-state index contributed by atoms with van der Waals surface area (Å²) in [6.45, 7) is 0. The van der Waals surface area contributed by atoms with Crippen molar-refractivity contribution in [3.05, 3.63) is 58.6 Å². The molecule has 0 unspecified atom stereocenters. The number of anilines is 2. The van der Waals surface area contributed by atoms with E-state index in [-0.39, 0.29) is 22.0 Å². The van der Waals surface area contributed by atoms with E-state index >= 15 is 0 Å². The Labute approximate surface area is 123 Å². The predicted molar refractivity (Wildman–Crippen MR) is 75.3 cm³/mol. The van der Waals surface area contributed by atoms with Crippen LogP contribution in [-0.2, 0) is 6.18 Å². The second-order valence-electron chi connectivity index (χ2n) is 4.31. The van der Waals surface area contributed by atoms with E-state index in [0.29, 0.717) is 0 Å². The van der Waals surface area contributed by atoms with Gasteiger partial charge in [-0.05, 0) is 36.4 Å². The molecule has 21 heavy (non-hydrogen) atoms. The van der Waals surface area contributed by atoms with E-state index in [1.54, 1.807) is 0 Å². The molecule has 0 saturated carbocycles. The fraction of sp³-hybridized carbons (Fsp3) is 0.0714. The maximum Gasteiger partial charge on any atom is 0.416 e. The number of hydrogen-bond acceptors (Lipinski definition) is 2. The van der Waals surface area contributed by atoms with Crippen molar-refractivity contribution >= 4 is 28.9 Å². The lowest BCUT2D eigenvalue weighted by atomic mass is 10.1. The molecule has 0 aliphatic heterocycles. The minimum Gasteiger partial charge on any atom is -0.399 e. The highest BCUT2D eigenvalue weighted by Gasteiger charge is 2.30. The van der Waals surface area contributed by atoms with Crippen LogP contribution >= 0.6 is 11.6 Å². The van der Waals surface area contributed by atoms with Gasteiger partial charge >= 0.3 is 6.18 Å². The molecule has 0 heterocycles. The lowest BCUT2D eigenvalue weighted by Gasteiger charge is -2.10. The van der Waals surface area contributed by atoms with Crippen LogP contribution in [0.2, 0.25) is 5.02 Å². The zero-order valence-corrected chi connectivity index (χ0v) is 11.3. The molecule has 0 fully saturated rings. The third-order valence-corrected chi connectivity index (χ3v) is 2.85. The van der Waals surface area contributed by atoms with Gasteiger partial charge in [-0.2, -0.15) is 13.2 Å². The third kappa shape index (κ3) is 3.88. The van der Waals surface area contributed by atoms with Crippen LogP contribution in [0.4, 0.5) is 24.5 Å². The molecule has 0 radical (unpaired) electrons. The van der Waals surface area contributed by atoms with Crippen molar-refractivity contribution in [2.45, 2.75) is 6.18 Å². The van der Waals surface area contributed by atoms with Gasteiger partial charge < -0.3 is 11.1 Å². The van der Waals surface area contributed by atoms with E-state index < -0.39 is 17.6 Å². The lowest BCUT2D eigenvalue weighted by molar-refractivity contribution is -0.137. The summed E-state index contributed by atoms with van der Waals surface area (Å²) in [6.07, 6.45) is -4.47. The third-order valence-electron chi connectivity index (χ3n) is 2.63. The van der Waals surface area contributed by atoms with Crippen LogP contribution in [0.3, 0.4) is 0 Å². The molecule has 3 nitrogen and oxygen atoms in total. The Morgan fingerprint density at radius 3 is 2.48 bits per heavy atom. The molecule has 7 heteroatoms. The van der Waals surface area contributed by atoms with Crippen LogP contribution in [0.1, 0.15) is 15.9 Å². The topological polar surface area (TPSA) is 55.1 Å². The summed E-state index contributed by atoms with van der Waals surface area (Å²) in [5.74, 6) is -0.594. The molecule has 0 aromatic heterocycles. The minimum absolute atomic E-state index is 0.0355. The number of benzene rings is 2. The number of rotatable bonds is 2. The van der Waals surface area contributed by atoms with Crippen molar-refractivity contribution in [3.8, 4) is 0 Å². The van der Waals surface area contributed by atoms with Crippen LogP contribution in [-0.4, -0.2) is 5.91 Å². The maximum atomic E-state index is 12.6. The van der Waals surface area contributed by atoms with E-state index in [1.807, 2.05) is 0 Å². The Morgan fingerprint density at radius 2 is 1.86 bits per heavy atom. The van der Waals surface area contributed by atoms with Gasteiger partial charge in [-0.3, -0.25) is 4.79 Å². The summed E-state index contributed by atoms with van der Waals surface area (Å²) in [4.78, 5) is 12.0. The normalized spacial score (nSPS) is 11.2. The average molecular weight is 315 g/mol. The van der Waals surface area contributed by atoms with Gasteiger partial charge in [0.25, 0.3) is 5.91 Å². The maximum absolute atomic E-state index is 12.6. The fourth-order valence-corrected chi connectivity index (χ4v) is 1.96. The second-order valence-corrected chi connectivity index (χ2v) is 4.74. The summed E-state index contributed by atoms with van der Waals surface area (Å²) in [6, 6.07) is 8.57. The lowest BCUT2D eigenvalue weighted by Crippen LogP contribution is -2.13. The van der Waals surface area contributed by atoms with Crippen molar-refractivity contribution in [1.82, 2.24) is 0 Å². The SMILES string of the molecule is Nc1cc(Cl)cc(C(=O)Nc2cccc(C(F)(F)F)c2)c1. The molecule has 0 spiro atoms. The van der Waals surface area contributed by atoms with Crippen molar-refractivity contribution < 1.29 is 18.0 Å². The molecule has 3 N–H and O–H groups in total. The monoisotopic (exact) mass is 314 g/mol. The van der Waals surface area contributed by atoms with Crippen molar-refractivity contribution in [3.63, 3.8) is 0 Å². The van der Waals surface area contributed by atoms with Gasteiger partial charge in [0.05, 0.1) is 5.56 Å². The Balaban J connectivity index is 2.23. The first kappa shape index (κ1) is 15.2. The van der Waals surface area contributed by atoms with E-state index in [2.05, 4.69) is 5.32 Å². The number of carbonyl (C=O) groups is 1. The molecule has 0 aliphatic rings. The minimum atomic E-state index is -4.47. The van der Waals surface area contributed by atoms with E-state index in [1.165, 1.54) is 30.3 Å². The van der Waals surface area contributed by atoms with E-state index in [0.717, 1.165) is 12.1 Å². The van der Waals surface area contributed by atoms with Crippen LogP contribution < -0.4 is 11.1 Å². The van der Waals surface area contributed by atoms with Crippen LogP contribution in [0, 0.1) is 0 Å². The Morgan fingerprint density at radius 1 is 1.14 bits per heavy atom. The standard InChI is InChI=1S/C14H10ClF3N2O/c15-10-4-8(5-11(19)7-10)13(21)20-12-3-1-2-9(6-12)14(16,17)18/h1-7H,19H2,(H,20,21). The summed E-state index contributed by atoms with van der Waals surface area (Å²) in [5.41, 5.74) is 5.21. The van der Waals surface area contributed by atoms with E-state index in [9.17, 15) is 18.0 Å². The Bertz CT molecular complexity index is 666. The van der Waals surface area contributed by atoms with Gasteiger partial charge in [0.1, 0.15) is 0 Å². The summed E-state index contributed by atoms with van der Waals surface area (Å²) in [7, 11) is 0. The predicted octanol–water partition coefficient (Wildman–Crippen LogP) is 4.19. The number of nitrogens with two attached hydrogens (primary N) is 1. The molecule has 0 saturated heterocycles. The number of halogens is 4. The summed E-state index contributed by atoms with van der Waals surface area (Å²) >= 11 is 5.77. The number of alkyl halides is 3. The molecule has 110 valence electrons. The number of nitrogens with one attached hydrogen (secondary N) is 1. The van der Waals surface area contributed by atoms with Gasteiger partial charge in [-0.1, -0.05) is 17.7 Å². The highest BCUT2D eigenvalue weighted by molar-refractivity contribution is 6.31. The molecule has 0 aliphatic carbocycles. The molecule has 1 amide bonds. The molecular weight excluding hydrogens is 305 g/mol. The molecule has 2 aromatic rings. The van der Waals surface area contributed by atoms with Crippen LogP contribution in [0.15, 0.2) is 42.5 Å². The smallest absolute Gasteiger partial charge is 0.399 e. The quantitative estimate of drug-likeness (QED) is 0.816. The first-order valence-corrected chi connectivity index (χ1v) is 6.18. The first-order valence-electron chi connectivity index (χ1n) is 5.80. The summed E-state index contributed by atoms with van der Waals surface area (Å²) < 4.78 is 37.8. The molecule has 0 bridgehead atoms. The highest BCUT2D eigenvalue weighted by atomic mass is 35.5.